The van der Waals surface area contributed by atoms with Crippen molar-refractivity contribution in [3.05, 3.63) is 34.2 Å². The number of hydrogen-bond acceptors (Lipinski definition) is 2. The monoisotopic (exact) mass is 262 g/mol. The Morgan fingerprint density at radius 3 is 2.68 bits per heavy atom. The molecule has 2 N–H and O–H groups in total. The zero-order valence-corrected chi connectivity index (χ0v) is 11.4. The van der Waals surface area contributed by atoms with Gasteiger partial charge in [-0.15, -0.1) is 0 Å². The summed E-state index contributed by atoms with van der Waals surface area (Å²) >= 11 is 0. The maximum absolute atomic E-state index is 12.1. The van der Waals surface area contributed by atoms with Gasteiger partial charge in [-0.1, -0.05) is 19.4 Å². The van der Waals surface area contributed by atoms with Crippen molar-refractivity contribution in [2.45, 2.75) is 39.2 Å². The first-order chi connectivity index (χ1) is 8.88. The van der Waals surface area contributed by atoms with Crippen LogP contribution in [0.4, 0.5) is 0 Å². The van der Waals surface area contributed by atoms with Crippen molar-refractivity contribution in [2.24, 2.45) is 0 Å². The fraction of sp³-hybridized carbons (Fsp3) is 0.429. The summed E-state index contributed by atoms with van der Waals surface area (Å²) in [4.78, 5) is 26.0. The summed E-state index contributed by atoms with van der Waals surface area (Å²) in [6.07, 6.45) is 1.79. The minimum atomic E-state index is -1.03. The molecule has 0 atom stereocenters. The van der Waals surface area contributed by atoms with Crippen molar-refractivity contribution in [3.8, 4) is 0 Å². The molecule has 5 nitrogen and oxygen atoms in total. The molecule has 5 heteroatoms. The van der Waals surface area contributed by atoms with Crippen LogP contribution in [0.25, 0.3) is 11.0 Å². The van der Waals surface area contributed by atoms with Gasteiger partial charge in [0.05, 0.1) is 16.6 Å². The number of hydrogen-bond donors (Lipinski definition) is 2. The lowest BCUT2D eigenvalue weighted by Crippen LogP contribution is -2.34. The first kappa shape index (κ1) is 13.4. The zero-order chi connectivity index (χ0) is 14.2. The van der Waals surface area contributed by atoms with Gasteiger partial charge in [-0.2, -0.15) is 0 Å². The second kappa shape index (κ2) is 4.57. The van der Waals surface area contributed by atoms with Crippen molar-refractivity contribution in [2.75, 3.05) is 0 Å². The number of nitrogens with one attached hydrogen (secondary N) is 1. The highest BCUT2D eigenvalue weighted by Gasteiger charge is 2.25. The van der Waals surface area contributed by atoms with Crippen molar-refractivity contribution in [3.63, 3.8) is 0 Å². The van der Waals surface area contributed by atoms with E-state index in [1.54, 1.807) is 16.7 Å². The summed E-state index contributed by atoms with van der Waals surface area (Å²) in [7, 11) is 0. The maximum atomic E-state index is 12.1. The molecule has 102 valence electrons. The van der Waals surface area contributed by atoms with Crippen LogP contribution in [0.15, 0.2) is 23.0 Å². The number of carboxylic acid groups (broad SMARTS) is 1. The summed E-state index contributed by atoms with van der Waals surface area (Å²) in [5, 5.41) is 9.16. The Bertz CT molecular complexity index is 680. The van der Waals surface area contributed by atoms with Crippen molar-refractivity contribution >= 4 is 17.0 Å². The molecule has 0 amide bonds. The Kier molecular flexibility index (Phi) is 3.22. The second-order valence-corrected chi connectivity index (χ2v) is 5.33. The normalized spacial score (nSPS) is 11.9. The summed E-state index contributed by atoms with van der Waals surface area (Å²) in [5.74, 6) is -1.03. The number of carbonyl (C=O) groups is 1. The van der Waals surface area contributed by atoms with Crippen LogP contribution >= 0.6 is 0 Å². The first-order valence-electron chi connectivity index (χ1n) is 6.36. The Hall–Kier alpha value is -2.04. The van der Waals surface area contributed by atoms with Gasteiger partial charge in [-0.05, 0) is 32.4 Å². The van der Waals surface area contributed by atoms with Gasteiger partial charge in [0.15, 0.2) is 0 Å². The average Bonchev–Trinajstić information content (AvgIpc) is 2.64. The van der Waals surface area contributed by atoms with Gasteiger partial charge >= 0.3 is 11.7 Å². The van der Waals surface area contributed by atoms with E-state index in [0.717, 1.165) is 12.8 Å². The van der Waals surface area contributed by atoms with Crippen LogP contribution < -0.4 is 5.69 Å². The van der Waals surface area contributed by atoms with Crippen LogP contribution in [-0.2, 0) is 5.54 Å². The molecule has 1 aromatic heterocycles. The van der Waals surface area contributed by atoms with Crippen LogP contribution in [0.2, 0.25) is 0 Å². The standard InChI is InChI=1S/C14H18N2O3/c1-4-8-14(2,3)16-10-7-5-6-9(12(17)18)11(10)15-13(16)19/h5-7H,4,8H2,1-3H3,(H,15,19)(H,17,18). The molecule has 19 heavy (non-hydrogen) atoms. The molecule has 2 aromatic rings. The van der Waals surface area contributed by atoms with Crippen molar-refractivity contribution < 1.29 is 9.90 Å². The van der Waals surface area contributed by atoms with Crippen LogP contribution in [0, 0.1) is 0 Å². The number of rotatable bonds is 4. The fourth-order valence-corrected chi connectivity index (χ4v) is 2.63. The SMILES string of the molecule is CCCC(C)(C)n1c(=O)[nH]c2c(C(=O)O)cccc21. The van der Waals surface area contributed by atoms with E-state index in [9.17, 15) is 9.59 Å². The molecule has 0 spiro atoms. The van der Waals surface area contributed by atoms with E-state index in [2.05, 4.69) is 11.9 Å². The van der Waals surface area contributed by atoms with E-state index in [1.807, 2.05) is 13.8 Å². The zero-order valence-electron chi connectivity index (χ0n) is 11.4. The molecule has 0 fully saturated rings. The molecule has 1 heterocycles. The molecule has 0 saturated heterocycles. The molecule has 0 aliphatic carbocycles. The topological polar surface area (TPSA) is 75.1 Å². The molecular weight excluding hydrogens is 244 g/mol. The van der Waals surface area contributed by atoms with Gasteiger partial charge in [0, 0.05) is 5.54 Å². The number of aromatic nitrogens is 2. The average molecular weight is 262 g/mol. The number of imidazole rings is 1. The lowest BCUT2D eigenvalue weighted by Gasteiger charge is -2.26. The van der Waals surface area contributed by atoms with Gasteiger partial charge in [0.25, 0.3) is 0 Å². The minimum absolute atomic E-state index is 0.126. The van der Waals surface area contributed by atoms with E-state index >= 15 is 0 Å². The Morgan fingerprint density at radius 1 is 1.42 bits per heavy atom. The number of aromatic carboxylic acids is 1. The molecule has 1 aromatic carbocycles. The van der Waals surface area contributed by atoms with Gasteiger partial charge < -0.3 is 10.1 Å². The van der Waals surface area contributed by atoms with E-state index in [0.29, 0.717) is 11.0 Å². The number of fused-ring (bicyclic) bond motifs is 1. The Morgan fingerprint density at radius 2 is 2.11 bits per heavy atom. The van der Waals surface area contributed by atoms with Crippen molar-refractivity contribution in [1.82, 2.24) is 9.55 Å². The van der Waals surface area contributed by atoms with Crippen LogP contribution in [0.5, 0.6) is 0 Å². The molecule has 0 bridgehead atoms. The summed E-state index contributed by atoms with van der Waals surface area (Å²) in [5.41, 5.74) is 0.552. The number of para-hydroxylation sites is 1. The highest BCUT2D eigenvalue weighted by atomic mass is 16.4. The smallest absolute Gasteiger partial charge is 0.337 e. The third kappa shape index (κ3) is 2.16. The van der Waals surface area contributed by atoms with Crippen molar-refractivity contribution in [1.29, 1.82) is 0 Å². The Labute approximate surface area is 110 Å². The van der Waals surface area contributed by atoms with Gasteiger partial charge in [0.1, 0.15) is 0 Å². The second-order valence-electron chi connectivity index (χ2n) is 5.33. The quantitative estimate of drug-likeness (QED) is 0.889. The summed E-state index contributed by atoms with van der Waals surface area (Å²) in [6, 6.07) is 4.94. The number of nitrogens with zero attached hydrogens (tertiary/aromatic N) is 1. The molecule has 0 saturated carbocycles. The van der Waals surface area contributed by atoms with Gasteiger partial charge in [0.2, 0.25) is 0 Å². The van der Waals surface area contributed by atoms with Crippen LogP contribution in [0.3, 0.4) is 0 Å². The molecule has 0 unspecified atom stereocenters. The number of benzene rings is 1. The van der Waals surface area contributed by atoms with Gasteiger partial charge in [-0.25, -0.2) is 9.59 Å². The fourth-order valence-electron chi connectivity index (χ4n) is 2.63. The molecule has 0 aliphatic rings. The maximum Gasteiger partial charge on any atom is 0.337 e. The minimum Gasteiger partial charge on any atom is -0.478 e. The number of carboxylic acids is 1. The largest absolute Gasteiger partial charge is 0.478 e. The molecule has 0 radical (unpaired) electrons. The summed E-state index contributed by atoms with van der Waals surface area (Å²) in [6.45, 7) is 6.03. The lowest BCUT2D eigenvalue weighted by atomic mass is 9.98. The van der Waals surface area contributed by atoms with Crippen LogP contribution in [-0.4, -0.2) is 20.6 Å². The number of aromatic amines is 1. The Balaban J connectivity index is 2.77. The van der Waals surface area contributed by atoms with E-state index in [1.165, 1.54) is 6.07 Å². The first-order valence-corrected chi connectivity index (χ1v) is 6.36. The highest BCUT2D eigenvalue weighted by Crippen LogP contribution is 2.25. The van der Waals surface area contributed by atoms with Gasteiger partial charge in [-0.3, -0.25) is 4.57 Å². The number of H-pyrrole nitrogens is 1. The predicted molar refractivity (Wildman–Crippen MR) is 73.7 cm³/mol. The predicted octanol–water partition coefficient (Wildman–Crippen LogP) is 2.56. The molecule has 0 aliphatic heterocycles. The van der Waals surface area contributed by atoms with Crippen LogP contribution in [0.1, 0.15) is 44.0 Å². The summed E-state index contributed by atoms with van der Waals surface area (Å²) < 4.78 is 1.65. The molecule has 2 rings (SSSR count). The highest BCUT2D eigenvalue weighted by molar-refractivity contribution is 6.00. The van der Waals surface area contributed by atoms with E-state index in [-0.39, 0.29) is 16.8 Å². The molecular formula is C14H18N2O3. The lowest BCUT2D eigenvalue weighted by molar-refractivity contribution is 0.0699. The van der Waals surface area contributed by atoms with E-state index < -0.39 is 5.97 Å². The third-order valence-corrected chi connectivity index (χ3v) is 3.42. The van der Waals surface area contributed by atoms with E-state index in [4.69, 9.17) is 5.11 Å². The third-order valence-electron chi connectivity index (χ3n) is 3.42.